The molecule has 0 fully saturated rings. The average Bonchev–Trinajstić information content (AvgIpc) is 3.54. The molecule has 0 saturated carbocycles. The van der Waals surface area contributed by atoms with Gasteiger partial charge in [-0.05, 0) is 63.5 Å². The number of aliphatic hydroxyl groups is 1. The molecule has 0 saturated heterocycles. The first-order chi connectivity index (χ1) is 17.4. The Labute approximate surface area is 220 Å². The van der Waals surface area contributed by atoms with Crippen molar-refractivity contribution in [1.82, 2.24) is 29.6 Å². The van der Waals surface area contributed by atoms with Crippen LogP contribution in [0.25, 0.3) is 27.7 Å². The smallest absolute Gasteiger partial charge is 0.199 e. The van der Waals surface area contributed by atoms with Gasteiger partial charge in [-0.3, -0.25) is 0 Å². The van der Waals surface area contributed by atoms with Gasteiger partial charge in [0.05, 0.1) is 28.8 Å². The summed E-state index contributed by atoms with van der Waals surface area (Å²) in [6.45, 7) is 0. The molecule has 6 aromatic rings. The number of benzene rings is 3. The zero-order chi connectivity index (χ0) is 25.0. The molecule has 0 amide bonds. The summed E-state index contributed by atoms with van der Waals surface area (Å²) in [7, 11) is 1.84. The largest absolute Gasteiger partial charge is 0.374 e. The molecule has 10 heteroatoms. The minimum absolute atomic E-state index is 0.377. The maximum absolute atomic E-state index is 12.4. The van der Waals surface area contributed by atoms with Gasteiger partial charge >= 0.3 is 0 Å². The fourth-order valence-corrected chi connectivity index (χ4v) is 5.29. The van der Waals surface area contributed by atoms with Crippen LogP contribution in [0.1, 0.15) is 16.8 Å². The van der Waals surface area contributed by atoms with E-state index in [0.29, 0.717) is 43.1 Å². The number of halogens is 3. The summed E-state index contributed by atoms with van der Waals surface area (Å²) in [5.41, 5.74) is 2.94. The minimum Gasteiger partial charge on any atom is -0.374 e. The van der Waals surface area contributed by atoms with Gasteiger partial charge in [0, 0.05) is 28.0 Å². The van der Waals surface area contributed by atoms with E-state index in [4.69, 9.17) is 34.8 Å². The number of fused-ring (bicyclic) bond motifs is 3. The second kappa shape index (κ2) is 8.57. The van der Waals surface area contributed by atoms with Crippen molar-refractivity contribution < 1.29 is 5.11 Å². The number of hydrogen-bond acceptors (Lipinski definition) is 5. The molecule has 6 rings (SSSR count). The lowest BCUT2D eigenvalue weighted by Gasteiger charge is -2.30. The molecule has 0 aliphatic heterocycles. The molecule has 36 heavy (non-hydrogen) atoms. The summed E-state index contributed by atoms with van der Waals surface area (Å²) in [6.07, 6.45) is 3.30. The van der Waals surface area contributed by atoms with Gasteiger partial charge in [-0.25, -0.2) is 4.98 Å². The molecule has 0 aliphatic carbocycles. The third-order valence-electron chi connectivity index (χ3n) is 6.36. The van der Waals surface area contributed by atoms with Crippen LogP contribution < -0.4 is 0 Å². The maximum Gasteiger partial charge on any atom is 0.199 e. The molecule has 3 aromatic heterocycles. The lowest BCUT2D eigenvalue weighted by atomic mass is 9.82. The molecular formula is C26H17Cl3N6O. The van der Waals surface area contributed by atoms with Crippen molar-refractivity contribution in [3.63, 3.8) is 0 Å². The van der Waals surface area contributed by atoms with Crippen LogP contribution in [-0.2, 0) is 12.6 Å². The molecule has 0 spiro atoms. The Bertz CT molecular complexity index is 1760. The predicted octanol–water partition coefficient (Wildman–Crippen LogP) is 5.92. The van der Waals surface area contributed by atoms with E-state index in [1.807, 2.05) is 43.4 Å². The first kappa shape index (κ1) is 22.9. The number of pyridine rings is 1. The van der Waals surface area contributed by atoms with Crippen LogP contribution in [0, 0.1) is 0 Å². The SMILES string of the molecule is Cn1cncc1C(O)(c1ccc(Cl)cc1)c1ccc2c(c1)c(-c1cccc(Cl)c1)c(Cl)c1nnnn12. The van der Waals surface area contributed by atoms with E-state index in [9.17, 15) is 5.11 Å². The second-order valence-corrected chi connectivity index (χ2v) is 9.70. The van der Waals surface area contributed by atoms with E-state index >= 15 is 0 Å². The monoisotopic (exact) mass is 534 g/mol. The van der Waals surface area contributed by atoms with Crippen molar-refractivity contribution >= 4 is 51.4 Å². The van der Waals surface area contributed by atoms with Crippen LogP contribution in [0.5, 0.6) is 0 Å². The van der Waals surface area contributed by atoms with Gasteiger partial charge in [-0.15, -0.1) is 5.10 Å². The Morgan fingerprint density at radius 2 is 1.67 bits per heavy atom. The Morgan fingerprint density at radius 3 is 2.39 bits per heavy atom. The van der Waals surface area contributed by atoms with E-state index in [1.165, 1.54) is 0 Å². The van der Waals surface area contributed by atoms with Crippen molar-refractivity contribution in [2.75, 3.05) is 0 Å². The summed E-state index contributed by atoms with van der Waals surface area (Å²) in [5.74, 6) is 0. The standard InChI is InChI=1S/C26H17Cl3N6O/c1-34-14-30-13-22(34)26(36,16-5-8-18(27)9-6-16)17-7-10-21-20(12-17)23(15-3-2-4-19(28)11-15)24(29)25-31-32-33-35(21)25/h2-14,36H,1H3. The fraction of sp³-hybridized carbons (Fsp3) is 0.0769. The zero-order valence-electron chi connectivity index (χ0n) is 18.8. The van der Waals surface area contributed by atoms with Crippen molar-refractivity contribution in [2.24, 2.45) is 7.05 Å². The van der Waals surface area contributed by atoms with Crippen molar-refractivity contribution in [3.05, 3.63) is 111 Å². The lowest BCUT2D eigenvalue weighted by molar-refractivity contribution is 0.117. The molecule has 3 heterocycles. The molecule has 0 radical (unpaired) electrons. The minimum atomic E-state index is -1.54. The summed E-state index contributed by atoms with van der Waals surface area (Å²) in [5, 5.41) is 26.7. The molecule has 1 atom stereocenters. The van der Waals surface area contributed by atoms with Gasteiger partial charge < -0.3 is 9.67 Å². The molecule has 178 valence electrons. The topological polar surface area (TPSA) is 81.1 Å². The van der Waals surface area contributed by atoms with Gasteiger partial charge in [-0.2, -0.15) is 4.52 Å². The number of aryl methyl sites for hydroxylation is 1. The molecule has 0 bridgehead atoms. The number of nitrogens with zero attached hydrogens (tertiary/aromatic N) is 6. The summed E-state index contributed by atoms with van der Waals surface area (Å²) < 4.78 is 3.37. The molecule has 1 unspecified atom stereocenters. The Kier molecular flexibility index (Phi) is 5.46. The predicted molar refractivity (Wildman–Crippen MR) is 141 cm³/mol. The first-order valence-electron chi connectivity index (χ1n) is 10.9. The highest BCUT2D eigenvalue weighted by molar-refractivity contribution is 6.38. The Morgan fingerprint density at radius 1 is 0.889 bits per heavy atom. The number of aromatic nitrogens is 6. The van der Waals surface area contributed by atoms with Crippen LogP contribution >= 0.6 is 34.8 Å². The molecule has 3 aromatic carbocycles. The van der Waals surface area contributed by atoms with Gasteiger partial charge in [-0.1, -0.05) is 65.1 Å². The Hall–Kier alpha value is -3.49. The lowest BCUT2D eigenvalue weighted by Crippen LogP contribution is -2.31. The van der Waals surface area contributed by atoms with Gasteiger partial charge in [0.25, 0.3) is 0 Å². The highest BCUT2D eigenvalue weighted by Crippen LogP contribution is 2.42. The van der Waals surface area contributed by atoms with E-state index in [2.05, 4.69) is 20.5 Å². The van der Waals surface area contributed by atoms with Gasteiger partial charge in [0.15, 0.2) is 11.2 Å². The number of hydrogen-bond donors (Lipinski definition) is 1. The van der Waals surface area contributed by atoms with Gasteiger partial charge in [0.1, 0.15) is 0 Å². The van der Waals surface area contributed by atoms with E-state index < -0.39 is 5.60 Å². The molecular weight excluding hydrogens is 519 g/mol. The summed E-state index contributed by atoms with van der Waals surface area (Å²) in [4.78, 5) is 4.25. The highest BCUT2D eigenvalue weighted by Gasteiger charge is 2.37. The van der Waals surface area contributed by atoms with E-state index in [-0.39, 0.29) is 0 Å². The third-order valence-corrected chi connectivity index (χ3v) is 7.20. The third kappa shape index (κ3) is 3.47. The van der Waals surface area contributed by atoms with E-state index in [1.54, 1.807) is 51.9 Å². The molecule has 0 aliphatic rings. The average molecular weight is 536 g/mol. The van der Waals surface area contributed by atoms with Crippen LogP contribution in [0.2, 0.25) is 15.1 Å². The van der Waals surface area contributed by atoms with Crippen LogP contribution in [0.3, 0.4) is 0 Å². The molecule has 7 nitrogen and oxygen atoms in total. The second-order valence-electron chi connectivity index (χ2n) is 8.45. The molecule has 1 N–H and O–H groups in total. The van der Waals surface area contributed by atoms with Crippen LogP contribution in [0.15, 0.2) is 79.3 Å². The van der Waals surface area contributed by atoms with Crippen LogP contribution in [0.4, 0.5) is 0 Å². The van der Waals surface area contributed by atoms with Gasteiger partial charge in [0.2, 0.25) is 0 Å². The van der Waals surface area contributed by atoms with Crippen molar-refractivity contribution in [1.29, 1.82) is 0 Å². The number of imidazole rings is 1. The first-order valence-corrected chi connectivity index (χ1v) is 12.1. The fourth-order valence-electron chi connectivity index (χ4n) is 4.65. The quantitative estimate of drug-likeness (QED) is 0.303. The Balaban J connectivity index is 1.71. The normalized spacial score (nSPS) is 13.4. The van der Waals surface area contributed by atoms with E-state index in [0.717, 1.165) is 16.5 Å². The van der Waals surface area contributed by atoms with Crippen LogP contribution in [-0.4, -0.2) is 34.7 Å². The van der Waals surface area contributed by atoms with Crippen molar-refractivity contribution in [2.45, 2.75) is 5.60 Å². The number of rotatable bonds is 4. The highest BCUT2D eigenvalue weighted by atomic mass is 35.5. The maximum atomic E-state index is 12.4. The summed E-state index contributed by atoms with van der Waals surface area (Å²) >= 11 is 19.4. The summed E-state index contributed by atoms with van der Waals surface area (Å²) in [6, 6.07) is 20.1. The zero-order valence-corrected chi connectivity index (χ0v) is 21.0. The number of tetrazole rings is 1. The van der Waals surface area contributed by atoms with Crippen molar-refractivity contribution in [3.8, 4) is 11.1 Å².